The highest BCUT2D eigenvalue weighted by Gasteiger charge is 2.23. The van der Waals surface area contributed by atoms with Crippen LogP contribution in [0.25, 0.3) is 0 Å². The van der Waals surface area contributed by atoms with E-state index in [0.29, 0.717) is 6.41 Å². The molecule has 2 atom stereocenters. The number of hydrogen-bond donors (Lipinski definition) is 4. The third-order valence-corrected chi connectivity index (χ3v) is 6.01. The lowest BCUT2D eigenvalue weighted by Crippen LogP contribution is -2.51. The van der Waals surface area contributed by atoms with Gasteiger partial charge in [-0.05, 0) is 16.7 Å². The predicted octanol–water partition coefficient (Wildman–Crippen LogP) is 1.02. The lowest BCUT2D eigenvalue weighted by atomic mass is 10.1. The summed E-state index contributed by atoms with van der Waals surface area (Å²) in [6.07, 6.45) is -0.181. The highest BCUT2D eigenvalue weighted by atomic mass is 16.6. The van der Waals surface area contributed by atoms with Crippen LogP contribution in [0.15, 0.2) is 91.0 Å². The quantitative estimate of drug-likeness (QED) is 0.107. The Balaban J connectivity index is 1.51. The molecule has 0 radical (unpaired) electrons. The smallest absolute Gasteiger partial charge is 0.336 e. The fraction of sp³-hybridized carbons (Fsp3) is 0.258. The minimum Gasteiger partial charge on any atom is -0.459 e. The number of nitrogens with one attached hydrogen (secondary N) is 4. The van der Waals surface area contributed by atoms with Crippen molar-refractivity contribution in [3.63, 3.8) is 0 Å². The Morgan fingerprint density at radius 3 is 1.86 bits per heavy atom. The summed E-state index contributed by atoms with van der Waals surface area (Å²) < 4.78 is 11.1. The number of carbonyl (C=O) groups is 5. The Bertz CT molecular complexity index is 1290. The molecule has 11 heteroatoms. The van der Waals surface area contributed by atoms with Gasteiger partial charge in [-0.25, -0.2) is 4.79 Å². The van der Waals surface area contributed by atoms with Gasteiger partial charge in [0.25, 0.3) is 0 Å². The molecular weight excluding hydrogens is 540 g/mol. The van der Waals surface area contributed by atoms with Crippen LogP contribution in [0.4, 0.5) is 0 Å². The first-order valence-corrected chi connectivity index (χ1v) is 13.4. The highest BCUT2D eigenvalue weighted by Crippen LogP contribution is 2.10. The Hall–Kier alpha value is -5.03. The van der Waals surface area contributed by atoms with E-state index in [4.69, 9.17) is 9.47 Å². The molecule has 0 bridgehead atoms. The van der Waals surface area contributed by atoms with E-state index >= 15 is 0 Å². The second kappa shape index (κ2) is 17.6. The molecule has 4 N–H and O–H groups in total. The van der Waals surface area contributed by atoms with E-state index in [-0.39, 0.29) is 32.7 Å². The Labute approximate surface area is 244 Å². The van der Waals surface area contributed by atoms with Crippen LogP contribution in [0, 0.1) is 0 Å². The van der Waals surface area contributed by atoms with Gasteiger partial charge in [0.2, 0.25) is 24.1 Å². The van der Waals surface area contributed by atoms with Crippen LogP contribution in [-0.4, -0.2) is 62.1 Å². The maximum Gasteiger partial charge on any atom is 0.336 e. The Morgan fingerprint density at radius 1 is 0.690 bits per heavy atom. The molecule has 0 saturated carbocycles. The topological polar surface area (TPSA) is 152 Å². The van der Waals surface area contributed by atoms with E-state index in [1.807, 2.05) is 66.7 Å². The largest absolute Gasteiger partial charge is 0.459 e. The van der Waals surface area contributed by atoms with Crippen molar-refractivity contribution in [2.45, 2.75) is 31.6 Å². The normalized spacial score (nSPS) is 11.8. The fourth-order valence-corrected chi connectivity index (χ4v) is 3.87. The maximum atomic E-state index is 12.8. The van der Waals surface area contributed by atoms with Crippen molar-refractivity contribution in [2.24, 2.45) is 0 Å². The van der Waals surface area contributed by atoms with Crippen molar-refractivity contribution in [2.75, 3.05) is 19.8 Å². The van der Waals surface area contributed by atoms with Crippen molar-refractivity contribution < 1.29 is 33.4 Å². The van der Waals surface area contributed by atoms with E-state index in [9.17, 15) is 24.0 Å². The number of esters is 1. The summed E-state index contributed by atoms with van der Waals surface area (Å²) in [5.74, 6) is -2.28. The zero-order valence-electron chi connectivity index (χ0n) is 23.0. The molecule has 4 amide bonds. The van der Waals surface area contributed by atoms with Gasteiger partial charge in [-0.15, -0.1) is 0 Å². The zero-order chi connectivity index (χ0) is 30.0. The van der Waals surface area contributed by atoms with Crippen molar-refractivity contribution in [3.05, 3.63) is 108 Å². The molecule has 3 rings (SSSR count). The third kappa shape index (κ3) is 11.6. The molecule has 0 aromatic heterocycles. The fourth-order valence-electron chi connectivity index (χ4n) is 3.87. The van der Waals surface area contributed by atoms with E-state index in [1.54, 1.807) is 24.3 Å². The second-order valence-electron chi connectivity index (χ2n) is 9.21. The van der Waals surface area contributed by atoms with Crippen LogP contribution in [0.1, 0.15) is 16.7 Å². The molecule has 0 saturated heterocycles. The van der Waals surface area contributed by atoms with Crippen molar-refractivity contribution in [1.29, 1.82) is 0 Å². The molecule has 0 aliphatic carbocycles. The summed E-state index contributed by atoms with van der Waals surface area (Å²) in [4.78, 5) is 60.7. The number of rotatable bonds is 17. The molecule has 0 aliphatic heterocycles. The summed E-state index contributed by atoms with van der Waals surface area (Å²) in [5.41, 5.74) is 2.48. The van der Waals surface area contributed by atoms with Gasteiger partial charge in [0.05, 0.1) is 13.1 Å². The van der Waals surface area contributed by atoms with Crippen LogP contribution in [0.5, 0.6) is 0 Å². The molecule has 3 aromatic rings. The summed E-state index contributed by atoms with van der Waals surface area (Å²) in [6.45, 7) is -0.900. The SMILES string of the molecule is O=CNCC(=O)NC(Cc1ccccc1)C(=O)NCC(=O)NCOC(Cc1ccccc1)C(=O)OCc1ccccc1. The zero-order valence-corrected chi connectivity index (χ0v) is 23.0. The average Bonchev–Trinajstić information content (AvgIpc) is 3.02. The first-order chi connectivity index (χ1) is 20.4. The Kier molecular flexibility index (Phi) is 13.2. The number of benzene rings is 3. The second-order valence-corrected chi connectivity index (χ2v) is 9.21. The standard InChI is InChI=1S/C31H34N4O7/c36-21-32-18-29(38)35-26(16-23-10-4-1-5-11-23)30(39)33-19-28(37)34-22-42-27(17-24-12-6-2-7-13-24)31(40)41-20-25-14-8-3-9-15-25/h1-15,21,26-27H,16-20,22H2,(H,32,36)(H,33,39)(H,34,37)(H,35,38). The minimum absolute atomic E-state index is 0.0820. The number of carbonyl (C=O) groups excluding carboxylic acids is 5. The van der Waals surface area contributed by atoms with Gasteiger partial charge >= 0.3 is 5.97 Å². The minimum atomic E-state index is -0.980. The molecular formula is C31H34N4O7. The van der Waals surface area contributed by atoms with Gasteiger partial charge in [-0.1, -0.05) is 91.0 Å². The van der Waals surface area contributed by atoms with Crippen LogP contribution in [-0.2, 0) is 52.9 Å². The van der Waals surface area contributed by atoms with Gasteiger partial charge in [0.1, 0.15) is 19.4 Å². The van der Waals surface area contributed by atoms with Gasteiger partial charge in [-0.3, -0.25) is 19.2 Å². The van der Waals surface area contributed by atoms with E-state index < -0.39 is 42.4 Å². The highest BCUT2D eigenvalue weighted by molar-refractivity contribution is 5.91. The summed E-state index contributed by atoms with van der Waals surface area (Å²) >= 11 is 0. The molecule has 0 aliphatic rings. The molecule has 0 heterocycles. The van der Waals surface area contributed by atoms with Gasteiger partial charge in [0, 0.05) is 12.8 Å². The summed E-state index contributed by atoms with van der Waals surface area (Å²) in [6, 6.07) is 26.6. The predicted molar refractivity (Wildman–Crippen MR) is 153 cm³/mol. The molecule has 0 fully saturated rings. The third-order valence-electron chi connectivity index (χ3n) is 6.01. The maximum absolute atomic E-state index is 12.8. The monoisotopic (exact) mass is 574 g/mol. The number of amides is 4. The van der Waals surface area contributed by atoms with Crippen LogP contribution >= 0.6 is 0 Å². The molecule has 0 spiro atoms. The molecule has 220 valence electrons. The molecule has 42 heavy (non-hydrogen) atoms. The molecule has 11 nitrogen and oxygen atoms in total. The molecule has 2 unspecified atom stereocenters. The summed E-state index contributed by atoms with van der Waals surface area (Å²) in [5, 5.41) is 9.82. The van der Waals surface area contributed by atoms with Crippen LogP contribution in [0.2, 0.25) is 0 Å². The van der Waals surface area contributed by atoms with E-state index in [2.05, 4.69) is 21.3 Å². The van der Waals surface area contributed by atoms with Gasteiger partial charge < -0.3 is 30.7 Å². The van der Waals surface area contributed by atoms with Gasteiger partial charge in [0.15, 0.2) is 6.10 Å². The summed E-state index contributed by atoms with van der Waals surface area (Å²) in [7, 11) is 0. The Morgan fingerprint density at radius 2 is 1.26 bits per heavy atom. The van der Waals surface area contributed by atoms with Crippen molar-refractivity contribution >= 4 is 30.1 Å². The van der Waals surface area contributed by atoms with E-state index in [0.717, 1.165) is 16.7 Å². The van der Waals surface area contributed by atoms with Crippen molar-refractivity contribution in [1.82, 2.24) is 21.3 Å². The lowest BCUT2D eigenvalue weighted by molar-refractivity contribution is -0.159. The van der Waals surface area contributed by atoms with E-state index in [1.165, 1.54) is 0 Å². The lowest BCUT2D eigenvalue weighted by Gasteiger charge is -2.19. The number of hydrogen-bond acceptors (Lipinski definition) is 7. The van der Waals surface area contributed by atoms with Crippen molar-refractivity contribution in [3.8, 4) is 0 Å². The average molecular weight is 575 g/mol. The van der Waals surface area contributed by atoms with Crippen LogP contribution in [0.3, 0.4) is 0 Å². The number of ether oxygens (including phenoxy) is 2. The first kappa shape index (κ1) is 31.5. The first-order valence-electron chi connectivity index (χ1n) is 13.4. The van der Waals surface area contributed by atoms with Crippen LogP contribution < -0.4 is 21.3 Å². The van der Waals surface area contributed by atoms with Gasteiger partial charge in [-0.2, -0.15) is 0 Å². The molecule has 3 aromatic carbocycles.